The summed E-state index contributed by atoms with van der Waals surface area (Å²) in [6.07, 6.45) is 6.19. The average Bonchev–Trinajstić information content (AvgIpc) is 3.40. The third-order valence-corrected chi connectivity index (χ3v) is 8.37. The number of nitrogens with zero attached hydrogens (tertiary/aromatic N) is 2. The van der Waals surface area contributed by atoms with Crippen LogP contribution >= 0.6 is 10.0 Å². The maximum absolute atomic E-state index is 13.3. The van der Waals surface area contributed by atoms with Gasteiger partial charge in [-0.25, -0.2) is 14.8 Å². The molecule has 40 heavy (non-hydrogen) atoms. The van der Waals surface area contributed by atoms with Gasteiger partial charge in [0.25, 0.3) is 11.8 Å². The van der Waals surface area contributed by atoms with Gasteiger partial charge in [0.2, 0.25) is 5.91 Å². The van der Waals surface area contributed by atoms with Gasteiger partial charge >= 0.3 is 6.09 Å². The number of carbonyl (C=O) groups excluding carboxylic acids is 4. The van der Waals surface area contributed by atoms with Crippen LogP contribution in [0.25, 0.3) is 0 Å². The van der Waals surface area contributed by atoms with Gasteiger partial charge in [0.05, 0.1) is 12.6 Å². The molecule has 2 saturated heterocycles. The van der Waals surface area contributed by atoms with E-state index in [4.69, 9.17) is 14.2 Å². The van der Waals surface area contributed by atoms with E-state index < -0.39 is 33.7 Å². The molecular formula is C28H42N4O7S. The molecule has 0 spiro atoms. The first-order chi connectivity index (χ1) is 18.7. The van der Waals surface area contributed by atoms with Crippen LogP contribution in [-0.2, 0) is 25.6 Å². The fourth-order valence-electron chi connectivity index (χ4n) is 4.91. The van der Waals surface area contributed by atoms with Crippen molar-refractivity contribution in [1.82, 2.24) is 20.4 Å². The molecule has 3 aliphatic rings. The number of nitrogens with one attached hydrogen (secondary N) is 2. The molecule has 1 aromatic carbocycles. The van der Waals surface area contributed by atoms with Crippen LogP contribution in [-0.4, -0.2) is 108 Å². The summed E-state index contributed by atoms with van der Waals surface area (Å²) < 4.78 is 17.2. The van der Waals surface area contributed by atoms with Gasteiger partial charge in [0, 0.05) is 37.4 Å². The summed E-state index contributed by atoms with van der Waals surface area (Å²) in [6.45, 7) is 7.14. The molecule has 0 radical (unpaired) electrons. The van der Waals surface area contributed by atoms with Gasteiger partial charge in [0.1, 0.15) is 30.2 Å². The van der Waals surface area contributed by atoms with Crippen molar-refractivity contribution in [2.45, 2.75) is 63.9 Å². The molecule has 3 atom stereocenters. The van der Waals surface area contributed by atoms with Gasteiger partial charge in [-0.1, -0.05) is 0 Å². The fraction of sp³-hybridized carbons (Fsp3) is 0.643. The third kappa shape index (κ3) is 7.46. The molecule has 2 N–H and O–H groups in total. The number of likely N-dealkylation sites (tertiary alicyclic amines) is 1. The molecular weight excluding hydrogens is 536 g/mol. The summed E-state index contributed by atoms with van der Waals surface area (Å²) in [5.41, 5.74) is 0.668. The Hall–Kier alpha value is -2.83. The van der Waals surface area contributed by atoms with Crippen LogP contribution in [0.15, 0.2) is 18.2 Å². The van der Waals surface area contributed by atoms with Gasteiger partial charge in [0.15, 0.2) is 0 Å². The molecule has 0 aromatic heterocycles. The largest absolute Gasteiger partial charge is 0.487 e. The monoisotopic (exact) mass is 578 g/mol. The van der Waals surface area contributed by atoms with E-state index >= 15 is 0 Å². The molecule has 0 saturated carbocycles. The van der Waals surface area contributed by atoms with Crippen molar-refractivity contribution in [2.75, 3.05) is 50.9 Å². The van der Waals surface area contributed by atoms with Crippen LogP contribution in [0.5, 0.6) is 5.75 Å². The summed E-state index contributed by atoms with van der Waals surface area (Å²) in [5, 5.41) is 6.09. The molecule has 2 fully saturated rings. The molecule has 222 valence electrons. The smallest absolute Gasteiger partial charge is 0.408 e. The number of hydrogen-bond donors (Lipinski definition) is 2. The molecule has 12 heteroatoms. The lowest BCUT2D eigenvalue weighted by Gasteiger charge is -2.35. The normalized spacial score (nSPS) is 23.9. The summed E-state index contributed by atoms with van der Waals surface area (Å²) in [6, 6.07) is 4.24. The zero-order valence-corrected chi connectivity index (χ0v) is 25.1. The number of fused-ring (bicyclic) bond motifs is 1. The van der Waals surface area contributed by atoms with Gasteiger partial charge in [-0.2, -0.15) is 0 Å². The second-order valence-corrected chi connectivity index (χ2v) is 17.0. The SMILES string of the molecule is CC(C)(C)OC(=O)N[C@H]1CNC[C@@H]1Oc1ccc2c(c1)CN(C1CCC(=O)N(COCCS(C)(C)C)C1=O)C2=O. The van der Waals surface area contributed by atoms with Crippen LogP contribution in [0.4, 0.5) is 4.79 Å². The van der Waals surface area contributed by atoms with Gasteiger partial charge in [-0.15, -0.1) is 0 Å². The molecule has 0 bridgehead atoms. The predicted octanol–water partition coefficient (Wildman–Crippen LogP) is 2.07. The Labute approximate surface area is 237 Å². The van der Waals surface area contributed by atoms with Crippen LogP contribution in [0.2, 0.25) is 0 Å². The highest BCUT2D eigenvalue weighted by Gasteiger charge is 2.43. The molecule has 1 aromatic rings. The molecule has 3 aliphatic heterocycles. The number of ether oxygens (including phenoxy) is 3. The average molecular weight is 579 g/mol. The Morgan fingerprint density at radius 1 is 1.15 bits per heavy atom. The van der Waals surface area contributed by atoms with Crippen molar-refractivity contribution in [1.29, 1.82) is 0 Å². The molecule has 4 rings (SSSR count). The lowest BCUT2D eigenvalue weighted by Crippen LogP contribution is -2.55. The van der Waals surface area contributed by atoms with Crippen molar-refractivity contribution < 1.29 is 33.4 Å². The first-order valence-corrected chi connectivity index (χ1v) is 16.6. The zero-order chi connectivity index (χ0) is 29.2. The van der Waals surface area contributed by atoms with E-state index in [0.717, 1.165) is 16.2 Å². The van der Waals surface area contributed by atoms with Crippen LogP contribution in [0.1, 0.15) is 49.5 Å². The maximum Gasteiger partial charge on any atom is 0.408 e. The number of hydrogen-bond acceptors (Lipinski definition) is 8. The van der Waals surface area contributed by atoms with Crippen molar-refractivity contribution in [3.05, 3.63) is 29.3 Å². The number of rotatable bonds is 9. The summed E-state index contributed by atoms with van der Waals surface area (Å²) in [4.78, 5) is 54.0. The Morgan fingerprint density at radius 2 is 1.90 bits per heavy atom. The molecule has 0 aliphatic carbocycles. The van der Waals surface area contributed by atoms with Crippen molar-refractivity contribution in [3.63, 3.8) is 0 Å². The van der Waals surface area contributed by atoms with E-state index in [2.05, 4.69) is 29.4 Å². The topological polar surface area (TPSA) is 127 Å². The van der Waals surface area contributed by atoms with E-state index in [1.807, 2.05) is 26.8 Å². The highest BCUT2D eigenvalue weighted by Crippen LogP contribution is 2.34. The lowest BCUT2D eigenvalue weighted by molar-refractivity contribution is -0.158. The van der Waals surface area contributed by atoms with Crippen LogP contribution in [0.3, 0.4) is 0 Å². The highest BCUT2D eigenvalue weighted by molar-refractivity contribution is 8.32. The number of amides is 4. The first kappa shape index (κ1) is 30.1. The Bertz CT molecular complexity index is 1150. The maximum atomic E-state index is 13.3. The van der Waals surface area contributed by atoms with E-state index in [0.29, 0.717) is 31.0 Å². The highest BCUT2D eigenvalue weighted by atomic mass is 32.3. The van der Waals surface area contributed by atoms with Gasteiger partial charge in [-0.05, 0) is 69.7 Å². The zero-order valence-electron chi connectivity index (χ0n) is 24.3. The Balaban J connectivity index is 1.37. The summed E-state index contributed by atoms with van der Waals surface area (Å²) in [5.74, 6) is 0.540. The molecule has 1 unspecified atom stereocenters. The van der Waals surface area contributed by atoms with Crippen LogP contribution < -0.4 is 15.4 Å². The number of benzene rings is 1. The van der Waals surface area contributed by atoms with E-state index in [9.17, 15) is 19.2 Å². The number of piperidine rings is 1. The van der Waals surface area contributed by atoms with E-state index in [1.54, 1.807) is 17.0 Å². The number of alkyl carbamates (subject to hydrolysis) is 1. The number of imide groups is 1. The second-order valence-electron chi connectivity index (χ2n) is 12.4. The minimum absolute atomic E-state index is 0.0927. The minimum Gasteiger partial charge on any atom is -0.487 e. The molecule has 3 heterocycles. The lowest BCUT2D eigenvalue weighted by atomic mass is 10.0. The van der Waals surface area contributed by atoms with Crippen molar-refractivity contribution >= 4 is 33.8 Å². The van der Waals surface area contributed by atoms with Gasteiger partial charge in [-0.3, -0.25) is 19.3 Å². The third-order valence-electron chi connectivity index (χ3n) is 6.98. The first-order valence-electron chi connectivity index (χ1n) is 13.6. The van der Waals surface area contributed by atoms with Crippen molar-refractivity contribution in [3.8, 4) is 5.75 Å². The predicted molar refractivity (Wildman–Crippen MR) is 153 cm³/mol. The van der Waals surface area contributed by atoms with E-state index in [-0.39, 0.29) is 50.1 Å². The summed E-state index contributed by atoms with van der Waals surface area (Å²) >= 11 is 0. The second kappa shape index (κ2) is 12.0. The quantitative estimate of drug-likeness (QED) is 0.337. The van der Waals surface area contributed by atoms with Gasteiger partial charge < -0.3 is 29.7 Å². The Morgan fingerprint density at radius 3 is 2.60 bits per heavy atom. The molecule has 4 amide bonds. The minimum atomic E-state index is -0.747. The molecule has 11 nitrogen and oxygen atoms in total. The van der Waals surface area contributed by atoms with E-state index in [1.165, 1.54) is 0 Å². The Kier molecular flexibility index (Phi) is 9.01. The fourth-order valence-corrected chi connectivity index (χ4v) is 5.53. The van der Waals surface area contributed by atoms with Crippen LogP contribution in [0, 0.1) is 0 Å². The standard InChI is InChI=1S/C28H42N4O7S/c1-28(2,3)39-27(36)30-21-14-29-15-23(21)38-19-7-8-20-18(13-19)16-31(25(20)34)22-9-10-24(33)32(26(22)35)17-37-11-12-40(4,5)6/h7-8,13,21-23,29H,9-12,14-17H2,1-6H3,(H,30,36)/t21-,22?,23-/m0/s1. The summed E-state index contributed by atoms with van der Waals surface area (Å²) in [7, 11) is -0.747. The number of carbonyl (C=O) groups is 4. The van der Waals surface area contributed by atoms with Crippen molar-refractivity contribution in [2.24, 2.45) is 0 Å².